The maximum Gasteiger partial charge on any atom is 0.254 e. The molecule has 144 valence electrons. The molecule has 3 aliphatic rings. The van der Waals surface area contributed by atoms with Gasteiger partial charge in [0.2, 0.25) is 5.91 Å². The van der Waals surface area contributed by atoms with Crippen LogP contribution in [0.5, 0.6) is 0 Å². The quantitative estimate of drug-likeness (QED) is 0.813. The van der Waals surface area contributed by atoms with Gasteiger partial charge in [0.05, 0.1) is 0 Å². The molecule has 2 amide bonds. The molecule has 5 nitrogen and oxygen atoms in total. The van der Waals surface area contributed by atoms with Crippen LogP contribution in [0.1, 0.15) is 48.0 Å². The predicted octanol–water partition coefficient (Wildman–Crippen LogP) is 2.91. The Bertz CT molecular complexity index is 718. The van der Waals surface area contributed by atoms with Gasteiger partial charge in [-0.3, -0.25) is 9.59 Å². The van der Waals surface area contributed by atoms with Crippen molar-refractivity contribution in [3.63, 3.8) is 0 Å². The van der Waals surface area contributed by atoms with Crippen LogP contribution >= 0.6 is 0 Å². The van der Waals surface area contributed by atoms with Crippen LogP contribution in [-0.4, -0.2) is 42.5 Å². The van der Waals surface area contributed by atoms with Crippen molar-refractivity contribution in [1.82, 2.24) is 10.2 Å². The van der Waals surface area contributed by atoms with E-state index in [1.807, 2.05) is 24.3 Å². The molecule has 0 bridgehead atoms. The molecule has 2 aliphatic heterocycles. The Morgan fingerprint density at radius 1 is 1.22 bits per heavy atom. The maximum atomic E-state index is 13.1. The second-order valence-corrected chi connectivity index (χ2v) is 8.16. The minimum atomic E-state index is -0.194. The molecular weight excluding hydrogens is 340 g/mol. The van der Waals surface area contributed by atoms with Gasteiger partial charge in [-0.15, -0.1) is 0 Å². The molecule has 3 fully saturated rings. The van der Waals surface area contributed by atoms with Crippen molar-refractivity contribution in [2.75, 3.05) is 19.8 Å². The number of nitrogens with zero attached hydrogens (tertiary/aromatic N) is 1. The molecule has 27 heavy (non-hydrogen) atoms. The van der Waals surface area contributed by atoms with Gasteiger partial charge in [0.1, 0.15) is 0 Å². The lowest BCUT2D eigenvalue weighted by Gasteiger charge is -2.65. The number of carbonyl (C=O) groups is 2. The SMILES string of the molecule is C=CC(=O)NCc1ccc(C(=O)N2CC3(CCC3)C2C2CCOCC2)cc1. The molecule has 0 aromatic heterocycles. The molecule has 0 radical (unpaired) electrons. The fraction of sp³-hybridized carbons (Fsp3) is 0.545. The first-order chi connectivity index (χ1) is 13.1. The summed E-state index contributed by atoms with van der Waals surface area (Å²) in [7, 11) is 0. The van der Waals surface area contributed by atoms with Crippen LogP contribution in [0, 0.1) is 11.3 Å². The summed E-state index contributed by atoms with van der Waals surface area (Å²) < 4.78 is 5.54. The van der Waals surface area contributed by atoms with Crippen molar-refractivity contribution in [2.45, 2.75) is 44.7 Å². The summed E-state index contributed by atoms with van der Waals surface area (Å²) in [5.41, 5.74) is 2.09. The van der Waals surface area contributed by atoms with E-state index in [9.17, 15) is 9.59 Å². The molecule has 5 heteroatoms. The van der Waals surface area contributed by atoms with Gasteiger partial charge in [0, 0.05) is 43.3 Å². The zero-order chi connectivity index (χ0) is 18.9. The predicted molar refractivity (Wildman–Crippen MR) is 103 cm³/mol. The number of carbonyl (C=O) groups excluding carboxylic acids is 2. The second kappa shape index (κ2) is 7.47. The summed E-state index contributed by atoms with van der Waals surface area (Å²) in [6, 6.07) is 7.97. The first kappa shape index (κ1) is 18.2. The average Bonchev–Trinajstić information content (AvgIpc) is 2.65. The monoisotopic (exact) mass is 368 g/mol. The maximum absolute atomic E-state index is 13.1. The first-order valence-corrected chi connectivity index (χ1v) is 10.0. The van der Waals surface area contributed by atoms with E-state index in [2.05, 4.69) is 16.8 Å². The molecule has 4 rings (SSSR count). The number of ether oxygens (including phenoxy) is 1. The fourth-order valence-corrected chi connectivity index (χ4v) is 5.01. The van der Waals surface area contributed by atoms with Crippen molar-refractivity contribution in [3.8, 4) is 0 Å². The van der Waals surface area contributed by atoms with E-state index in [0.717, 1.165) is 43.7 Å². The van der Waals surface area contributed by atoms with Gasteiger partial charge in [-0.1, -0.05) is 25.1 Å². The van der Waals surface area contributed by atoms with Crippen molar-refractivity contribution >= 4 is 11.8 Å². The van der Waals surface area contributed by atoms with Gasteiger partial charge in [-0.25, -0.2) is 0 Å². The third-order valence-electron chi connectivity index (χ3n) is 6.62. The van der Waals surface area contributed by atoms with Crippen LogP contribution in [0.2, 0.25) is 0 Å². The first-order valence-electron chi connectivity index (χ1n) is 10.0. The van der Waals surface area contributed by atoms with Crippen molar-refractivity contribution < 1.29 is 14.3 Å². The highest BCUT2D eigenvalue weighted by atomic mass is 16.5. The smallest absolute Gasteiger partial charge is 0.254 e. The summed E-state index contributed by atoms with van der Waals surface area (Å²) in [6.45, 7) is 6.44. The van der Waals surface area contributed by atoms with E-state index in [0.29, 0.717) is 23.9 Å². The van der Waals surface area contributed by atoms with Crippen LogP contribution in [-0.2, 0) is 16.1 Å². The molecule has 1 N–H and O–H groups in total. The van der Waals surface area contributed by atoms with Crippen LogP contribution in [0.15, 0.2) is 36.9 Å². The molecular formula is C22H28N2O3. The highest BCUT2D eigenvalue weighted by Gasteiger charge is 2.59. The fourth-order valence-electron chi connectivity index (χ4n) is 5.01. The third-order valence-corrected chi connectivity index (χ3v) is 6.62. The van der Waals surface area contributed by atoms with Gasteiger partial charge in [0.25, 0.3) is 5.91 Å². The molecule has 1 saturated carbocycles. The lowest BCUT2D eigenvalue weighted by molar-refractivity contribution is -0.140. The Morgan fingerprint density at radius 2 is 1.93 bits per heavy atom. The Morgan fingerprint density at radius 3 is 2.52 bits per heavy atom. The Labute approximate surface area is 160 Å². The number of rotatable bonds is 5. The minimum absolute atomic E-state index is 0.144. The van der Waals surface area contributed by atoms with E-state index >= 15 is 0 Å². The molecule has 1 atom stereocenters. The second-order valence-electron chi connectivity index (χ2n) is 8.16. The molecule has 1 aromatic rings. The number of hydrogen-bond donors (Lipinski definition) is 1. The molecule has 2 heterocycles. The van der Waals surface area contributed by atoms with Gasteiger partial charge < -0.3 is 15.0 Å². The van der Waals surface area contributed by atoms with E-state index in [1.165, 1.54) is 25.3 Å². The number of hydrogen-bond acceptors (Lipinski definition) is 3. The number of benzene rings is 1. The summed E-state index contributed by atoms with van der Waals surface area (Å²) in [4.78, 5) is 26.5. The van der Waals surface area contributed by atoms with Crippen molar-refractivity contribution in [1.29, 1.82) is 0 Å². The largest absolute Gasteiger partial charge is 0.381 e. The third kappa shape index (κ3) is 3.41. The van der Waals surface area contributed by atoms with Crippen LogP contribution in [0.25, 0.3) is 0 Å². The molecule has 2 saturated heterocycles. The van der Waals surface area contributed by atoms with E-state index in [1.54, 1.807) is 0 Å². The van der Waals surface area contributed by atoms with Gasteiger partial charge in [-0.05, 0) is 55.4 Å². The molecule has 1 aromatic carbocycles. The number of nitrogens with one attached hydrogen (secondary N) is 1. The number of amides is 2. The van der Waals surface area contributed by atoms with E-state index in [4.69, 9.17) is 4.74 Å². The Hall–Kier alpha value is -2.14. The number of likely N-dealkylation sites (tertiary alicyclic amines) is 1. The zero-order valence-electron chi connectivity index (χ0n) is 15.8. The van der Waals surface area contributed by atoms with Crippen LogP contribution in [0.4, 0.5) is 0 Å². The molecule has 1 spiro atoms. The topological polar surface area (TPSA) is 58.6 Å². The van der Waals surface area contributed by atoms with E-state index in [-0.39, 0.29) is 11.8 Å². The van der Waals surface area contributed by atoms with Gasteiger partial charge >= 0.3 is 0 Å². The highest BCUT2D eigenvalue weighted by Crippen LogP contribution is 2.56. The normalized spacial score (nSPS) is 24.0. The van der Waals surface area contributed by atoms with Crippen molar-refractivity contribution in [3.05, 3.63) is 48.0 Å². The highest BCUT2D eigenvalue weighted by molar-refractivity contribution is 5.95. The van der Waals surface area contributed by atoms with E-state index < -0.39 is 0 Å². The summed E-state index contributed by atoms with van der Waals surface area (Å²) >= 11 is 0. The molecule has 1 aliphatic carbocycles. The Balaban J connectivity index is 1.43. The summed E-state index contributed by atoms with van der Waals surface area (Å²) in [6.07, 6.45) is 7.22. The minimum Gasteiger partial charge on any atom is -0.381 e. The van der Waals surface area contributed by atoms with Crippen LogP contribution in [0.3, 0.4) is 0 Å². The standard InChI is InChI=1S/C22H28N2O3/c1-2-19(25)23-14-16-4-6-18(7-5-16)21(26)24-15-22(10-3-11-22)20(24)17-8-12-27-13-9-17/h2,4-7,17,20H,1,3,8-15H2,(H,23,25). The lowest BCUT2D eigenvalue weighted by Crippen LogP contribution is -2.71. The van der Waals surface area contributed by atoms with Gasteiger partial charge in [-0.2, -0.15) is 0 Å². The summed E-state index contributed by atoms with van der Waals surface area (Å²) in [5, 5.41) is 2.75. The van der Waals surface area contributed by atoms with Crippen molar-refractivity contribution in [2.24, 2.45) is 11.3 Å². The van der Waals surface area contributed by atoms with Crippen LogP contribution < -0.4 is 5.32 Å². The average molecular weight is 368 g/mol. The Kier molecular flexibility index (Phi) is 5.04. The van der Waals surface area contributed by atoms with Gasteiger partial charge in [0.15, 0.2) is 0 Å². The lowest BCUT2D eigenvalue weighted by atomic mass is 9.54. The zero-order valence-corrected chi connectivity index (χ0v) is 15.8. The molecule has 1 unspecified atom stereocenters. The summed E-state index contributed by atoms with van der Waals surface area (Å²) in [5.74, 6) is 0.525.